The van der Waals surface area contributed by atoms with Gasteiger partial charge in [0.05, 0.1) is 17.4 Å². The van der Waals surface area contributed by atoms with Gasteiger partial charge in [-0.15, -0.1) is 0 Å². The van der Waals surface area contributed by atoms with Gasteiger partial charge in [-0.25, -0.2) is 4.39 Å². The summed E-state index contributed by atoms with van der Waals surface area (Å²) < 4.78 is 15.2. The van der Waals surface area contributed by atoms with E-state index in [1.54, 1.807) is 12.1 Å². The van der Waals surface area contributed by atoms with Gasteiger partial charge < -0.3 is 5.32 Å². The third-order valence-electron chi connectivity index (χ3n) is 3.27. The fourth-order valence-corrected chi connectivity index (χ4v) is 2.35. The van der Waals surface area contributed by atoms with Crippen LogP contribution in [0.25, 0.3) is 0 Å². The summed E-state index contributed by atoms with van der Waals surface area (Å²) in [5.41, 5.74) is 3.14. The molecule has 0 bridgehead atoms. The van der Waals surface area contributed by atoms with Crippen molar-refractivity contribution in [1.29, 1.82) is 0 Å². The molecule has 1 unspecified atom stereocenters. The van der Waals surface area contributed by atoms with Crippen molar-refractivity contribution in [2.24, 2.45) is 0 Å². The van der Waals surface area contributed by atoms with Crippen molar-refractivity contribution in [2.45, 2.75) is 32.9 Å². The van der Waals surface area contributed by atoms with Crippen molar-refractivity contribution in [3.63, 3.8) is 0 Å². The Balaban J connectivity index is 2.24. The Morgan fingerprint density at radius 3 is 2.79 bits per heavy atom. The average molecular weight is 261 g/mol. The molecule has 0 aliphatic rings. The van der Waals surface area contributed by atoms with Crippen LogP contribution in [0.15, 0.2) is 30.3 Å². The van der Waals surface area contributed by atoms with E-state index in [9.17, 15) is 4.39 Å². The van der Waals surface area contributed by atoms with Gasteiger partial charge in [-0.3, -0.25) is 4.68 Å². The highest BCUT2D eigenvalue weighted by Gasteiger charge is 2.16. The highest BCUT2D eigenvalue weighted by molar-refractivity contribution is 5.21. The van der Waals surface area contributed by atoms with Crippen LogP contribution < -0.4 is 5.32 Å². The fourth-order valence-electron chi connectivity index (χ4n) is 2.35. The number of hydrogen-bond acceptors (Lipinski definition) is 2. The number of rotatable bonds is 5. The van der Waals surface area contributed by atoms with Gasteiger partial charge >= 0.3 is 0 Å². The molecule has 1 aromatic heterocycles. The van der Waals surface area contributed by atoms with Gasteiger partial charge in [-0.2, -0.15) is 5.10 Å². The molecule has 1 N–H and O–H groups in total. The molecule has 1 heterocycles. The first-order valence-corrected chi connectivity index (χ1v) is 6.60. The average Bonchev–Trinajstić information content (AvgIpc) is 2.77. The SMILES string of the molecule is CCn1nc(C)cc1C(Cc1cccc(F)c1)NC. The van der Waals surface area contributed by atoms with E-state index in [1.165, 1.54) is 6.07 Å². The summed E-state index contributed by atoms with van der Waals surface area (Å²) in [7, 11) is 1.92. The molecule has 2 rings (SSSR count). The zero-order chi connectivity index (χ0) is 13.8. The van der Waals surface area contributed by atoms with Crippen molar-refractivity contribution in [3.8, 4) is 0 Å². The predicted octanol–water partition coefficient (Wildman–Crippen LogP) is 2.85. The second-order valence-electron chi connectivity index (χ2n) is 4.70. The number of aromatic nitrogens is 2. The quantitative estimate of drug-likeness (QED) is 0.897. The third kappa shape index (κ3) is 3.20. The minimum Gasteiger partial charge on any atom is -0.311 e. The molecule has 1 aromatic carbocycles. The van der Waals surface area contributed by atoms with Gasteiger partial charge in [0.25, 0.3) is 0 Å². The van der Waals surface area contributed by atoms with Crippen molar-refractivity contribution in [2.75, 3.05) is 7.05 Å². The van der Waals surface area contributed by atoms with Crippen LogP contribution in [0.3, 0.4) is 0 Å². The minimum atomic E-state index is -0.187. The molecule has 2 aromatic rings. The van der Waals surface area contributed by atoms with Gasteiger partial charge in [0, 0.05) is 6.54 Å². The van der Waals surface area contributed by atoms with E-state index in [2.05, 4.69) is 23.4 Å². The number of halogens is 1. The lowest BCUT2D eigenvalue weighted by atomic mass is 10.0. The Morgan fingerprint density at radius 2 is 2.16 bits per heavy atom. The normalized spacial score (nSPS) is 12.6. The number of benzene rings is 1. The molecule has 0 fully saturated rings. The molecule has 0 spiro atoms. The fraction of sp³-hybridized carbons (Fsp3) is 0.400. The lowest BCUT2D eigenvalue weighted by Crippen LogP contribution is -2.22. The van der Waals surface area contributed by atoms with Crippen LogP contribution in [0.5, 0.6) is 0 Å². The molecular formula is C15H20FN3. The Labute approximate surface area is 113 Å². The Bertz CT molecular complexity index is 548. The topological polar surface area (TPSA) is 29.9 Å². The number of likely N-dealkylation sites (N-methyl/N-ethyl adjacent to an activating group) is 1. The van der Waals surface area contributed by atoms with Gasteiger partial charge in [0.1, 0.15) is 5.82 Å². The molecule has 0 radical (unpaired) electrons. The summed E-state index contributed by atoms with van der Waals surface area (Å²) in [6, 6.07) is 8.99. The summed E-state index contributed by atoms with van der Waals surface area (Å²) in [5.74, 6) is -0.187. The first-order valence-electron chi connectivity index (χ1n) is 6.60. The molecule has 102 valence electrons. The van der Waals surface area contributed by atoms with Crippen LogP contribution in [-0.4, -0.2) is 16.8 Å². The van der Waals surface area contributed by atoms with E-state index >= 15 is 0 Å². The van der Waals surface area contributed by atoms with Crippen molar-refractivity contribution < 1.29 is 4.39 Å². The maximum absolute atomic E-state index is 13.2. The maximum Gasteiger partial charge on any atom is 0.123 e. The Morgan fingerprint density at radius 1 is 1.37 bits per heavy atom. The molecule has 19 heavy (non-hydrogen) atoms. The lowest BCUT2D eigenvalue weighted by Gasteiger charge is -2.17. The first-order chi connectivity index (χ1) is 9.13. The molecule has 1 atom stereocenters. The van der Waals surface area contributed by atoms with Crippen molar-refractivity contribution >= 4 is 0 Å². The molecule has 4 heteroatoms. The number of nitrogens with zero attached hydrogens (tertiary/aromatic N) is 2. The Kier molecular flexibility index (Phi) is 4.32. The summed E-state index contributed by atoms with van der Waals surface area (Å²) in [6.07, 6.45) is 0.749. The summed E-state index contributed by atoms with van der Waals surface area (Å²) in [4.78, 5) is 0. The highest BCUT2D eigenvalue weighted by Crippen LogP contribution is 2.19. The molecule has 3 nitrogen and oxygen atoms in total. The van der Waals surface area contributed by atoms with E-state index in [1.807, 2.05) is 24.7 Å². The van der Waals surface area contributed by atoms with Crippen molar-refractivity contribution in [3.05, 3.63) is 53.1 Å². The van der Waals surface area contributed by atoms with Crippen LogP contribution >= 0.6 is 0 Å². The standard InChI is InChI=1S/C15H20FN3/c1-4-19-15(8-11(2)18-19)14(17-3)10-12-6-5-7-13(16)9-12/h5-9,14,17H,4,10H2,1-3H3. The monoisotopic (exact) mass is 261 g/mol. The van der Waals surface area contributed by atoms with E-state index in [0.717, 1.165) is 29.9 Å². The van der Waals surface area contributed by atoms with Crippen LogP contribution in [-0.2, 0) is 13.0 Å². The second-order valence-corrected chi connectivity index (χ2v) is 4.70. The molecule has 0 aliphatic heterocycles. The van der Waals surface area contributed by atoms with E-state index < -0.39 is 0 Å². The molecule has 0 amide bonds. The number of nitrogens with one attached hydrogen (secondary N) is 1. The van der Waals surface area contributed by atoms with E-state index in [-0.39, 0.29) is 11.9 Å². The van der Waals surface area contributed by atoms with Crippen LogP contribution in [0.4, 0.5) is 4.39 Å². The second kappa shape index (κ2) is 5.97. The summed E-state index contributed by atoms with van der Waals surface area (Å²) in [6.45, 7) is 4.90. The largest absolute Gasteiger partial charge is 0.311 e. The molecule has 0 saturated carbocycles. The molecule has 0 saturated heterocycles. The third-order valence-corrected chi connectivity index (χ3v) is 3.27. The molecule has 0 aliphatic carbocycles. The zero-order valence-corrected chi connectivity index (χ0v) is 11.7. The predicted molar refractivity (Wildman–Crippen MR) is 74.5 cm³/mol. The summed E-state index contributed by atoms with van der Waals surface area (Å²) >= 11 is 0. The number of hydrogen-bond donors (Lipinski definition) is 1. The smallest absolute Gasteiger partial charge is 0.123 e. The van der Waals surface area contributed by atoms with Gasteiger partial charge in [0.15, 0.2) is 0 Å². The van der Waals surface area contributed by atoms with Crippen molar-refractivity contribution in [1.82, 2.24) is 15.1 Å². The van der Waals surface area contributed by atoms with Gasteiger partial charge in [-0.05, 0) is 51.1 Å². The minimum absolute atomic E-state index is 0.142. The number of aryl methyl sites for hydroxylation is 2. The Hall–Kier alpha value is -1.68. The van der Waals surface area contributed by atoms with E-state index in [4.69, 9.17) is 0 Å². The highest BCUT2D eigenvalue weighted by atomic mass is 19.1. The summed E-state index contributed by atoms with van der Waals surface area (Å²) in [5, 5.41) is 7.75. The van der Waals surface area contributed by atoms with E-state index in [0.29, 0.717) is 0 Å². The van der Waals surface area contributed by atoms with Gasteiger partial charge in [0.2, 0.25) is 0 Å². The van der Waals surface area contributed by atoms with Crippen LogP contribution in [0, 0.1) is 12.7 Å². The van der Waals surface area contributed by atoms with Crippen LogP contribution in [0.2, 0.25) is 0 Å². The van der Waals surface area contributed by atoms with Gasteiger partial charge in [-0.1, -0.05) is 12.1 Å². The first kappa shape index (κ1) is 13.7. The molecular weight excluding hydrogens is 241 g/mol. The lowest BCUT2D eigenvalue weighted by molar-refractivity contribution is 0.511. The zero-order valence-electron chi connectivity index (χ0n) is 11.7. The maximum atomic E-state index is 13.2. The van der Waals surface area contributed by atoms with Crippen LogP contribution in [0.1, 0.15) is 29.9 Å².